The van der Waals surface area contributed by atoms with E-state index in [4.69, 9.17) is 4.74 Å². The molecule has 1 aromatic heterocycles. The van der Waals surface area contributed by atoms with Crippen LogP contribution in [0.4, 0.5) is 4.79 Å². The van der Waals surface area contributed by atoms with Crippen molar-refractivity contribution in [2.24, 2.45) is 0 Å². The molecular formula is C24H20N2O3. The molecule has 0 aliphatic carbocycles. The van der Waals surface area contributed by atoms with Crippen molar-refractivity contribution in [2.75, 3.05) is 6.61 Å². The van der Waals surface area contributed by atoms with Crippen LogP contribution >= 0.6 is 0 Å². The highest BCUT2D eigenvalue weighted by Gasteiger charge is 2.36. The Hall–Kier alpha value is -3.73. The molecule has 1 aliphatic rings. The average Bonchev–Trinajstić information content (AvgIpc) is 3.13. The first-order valence-electron chi connectivity index (χ1n) is 9.43. The number of rotatable bonds is 5. The van der Waals surface area contributed by atoms with Crippen LogP contribution in [0.1, 0.15) is 11.1 Å². The predicted octanol–water partition coefficient (Wildman–Crippen LogP) is 4.35. The Balaban J connectivity index is 1.49. The molecule has 144 valence electrons. The van der Waals surface area contributed by atoms with Crippen LogP contribution in [-0.2, 0) is 16.0 Å². The molecule has 5 nitrogen and oxygen atoms in total. The Morgan fingerprint density at radius 2 is 1.90 bits per heavy atom. The Kier molecular flexibility index (Phi) is 5.47. The van der Waals surface area contributed by atoms with Crippen molar-refractivity contribution in [3.05, 3.63) is 96.3 Å². The van der Waals surface area contributed by atoms with E-state index in [9.17, 15) is 9.59 Å². The van der Waals surface area contributed by atoms with Crippen LogP contribution in [0.3, 0.4) is 0 Å². The van der Waals surface area contributed by atoms with Crippen molar-refractivity contribution >= 4 is 18.1 Å². The van der Waals surface area contributed by atoms with Crippen LogP contribution in [-0.4, -0.2) is 34.5 Å². The van der Waals surface area contributed by atoms with Gasteiger partial charge in [-0.25, -0.2) is 9.69 Å². The molecule has 0 spiro atoms. The lowest BCUT2D eigenvalue weighted by molar-refractivity contribution is -0.124. The van der Waals surface area contributed by atoms with E-state index in [1.54, 1.807) is 18.5 Å². The summed E-state index contributed by atoms with van der Waals surface area (Å²) in [4.78, 5) is 30.2. The van der Waals surface area contributed by atoms with E-state index in [2.05, 4.69) is 4.98 Å². The van der Waals surface area contributed by atoms with Gasteiger partial charge in [0.25, 0.3) is 5.91 Å². The highest BCUT2D eigenvalue weighted by molar-refractivity contribution is 6.02. The summed E-state index contributed by atoms with van der Waals surface area (Å²) in [6.07, 6.45) is 6.64. The van der Waals surface area contributed by atoms with E-state index in [0.29, 0.717) is 6.42 Å². The minimum absolute atomic E-state index is 0.212. The Morgan fingerprint density at radius 3 is 2.69 bits per heavy atom. The lowest BCUT2D eigenvalue weighted by Gasteiger charge is -2.18. The molecule has 3 aromatic rings. The van der Waals surface area contributed by atoms with E-state index < -0.39 is 6.09 Å². The number of nitrogens with zero attached hydrogens (tertiary/aromatic N) is 2. The monoisotopic (exact) mass is 384 g/mol. The van der Waals surface area contributed by atoms with Crippen molar-refractivity contribution in [1.29, 1.82) is 0 Å². The first-order valence-corrected chi connectivity index (χ1v) is 9.43. The van der Waals surface area contributed by atoms with Gasteiger partial charge in [-0.15, -0.1) is 0 Å². The fourth-order valence-corrected chi connectivity index (χ4v) is 3.37. The lowest BCUT2D eigenvalue weighted by atomic mass is 10.0. The molecule has 1 saturated heterocycles. The average molecular weight is 384 g/mol. The van der Waals surface area contributed by atoms with Crippen LogP contribution in [0, 0.1) is 0 Å². The third-order valence-corrected chi connectivity index (χ3v) is 4.81. The highest BCUT2D eigenvalue weighted by Crippen LogP contribution is 2.21. The summed E-state index contributed by atoms with van der Waals surface area (Å²) in [6, 6.07) is 21.1. The van der Waals surface area contributed by atoms with Gasteiger partial charge in [0.05, 0.1) is 6.04 Å². The maximum atomic E-state index is 12.7. The molecule has 29 heavy (non-hydrogen) atoms. The molecule has 5 heteroatoms. The molecular weight excluding hydrogens is 364 g/mol. The number of carbonyl (C=O) groups excluding carboxylic acids is 2. The Bertz CT molecular complexity index is 1030. The summed E-state index contributed by atoms with van der Waals surface area (Å²) in [5, 5.41) is 0. The lowest BCUT2D eigenvalue weighted by Crippen LogP contribution is -2.39. The van der Waals surface area contributed by atoms with Gasteiger partial charge in [0, 0.05) is 24.0 Å². The van der Waals surface area contributed by atoms with Crippen LogP contribution < -0.4 is 0 Å². The fraction of sp³-hybridized carbons (Fsp3) is 0.125. The van der Waals surface area contributed by atoms with Crippen molar-refractivity contribution in [3.8, 4) is 11.1 Å². The standard InChI is InChI=1S/C24H20N2O3/c27-23(26-22(17-29-24(26)28)15-18-6-2-1-3-7-18)12-11-19-8-4-9-20(14-19)21-10-5-13-25-16-21/h1-14,16,22H,15,17H2/b12-11+. The van der Waals surface area contributed by atoms with Gasteiger partial charge in [0.15, 0.2) is 0 Å². The van der Waals surface area contributed by atoms with Gasteiger partial charge >= 0.3 is 6.09 Å². The number of carbonyl (C=O) groups is 2. The number of ether oxygens (including phenoxy) is 1. The van der Waals surface area contributed by atoms with E-state index in [0.717, 1.165) is 22.3 Å². The van der Waals surface area contributed by atoms with E-state index in [-0.39, 0.29) is 18.6 Å². The second kappa shape index (κ2) is 8.52. The second-order valence-corrected chi connectivity index (χ2v) is 6.83. The Labute approximate surface area is 169 Å². The van der Waals surface area contributed by atoms with Crippen LogP contribution in [0.15, 0.2) is 85.2 Å². The molecule has 0 bridgehead atoms. The third-order valence-electron chi connectivity index (χ3n) is 4.81. The number of aromatic nitrogens is 1. The third kappa shape index (κ3) is 4.41. The van der Waals surface area contributed by atoms with Crippen LogP contribution in [0.5, 0.6) is 0 Å². The van der Waals surface area contributed by atoms with E-state index >= 15 is 0 Å². The molecule has 2 heterocycles. The second-order valence-electron chi connectivity index (χ2n) is 6.83. The predicted molar refractivity (Wildman–Crippen MR) is 111 cm³/mol. The summed E-state index contributed by atoms with van der Waals surface area (Å²) in [6.45, 7) is 0.212. The largest absolute Gasteiger partial charge is 0.447 e. The molecule has 0 saturated carbocycles. The van der Waals surface area contributed by atoms with E-state index in [1.165, 1.54) is 11.0 Å². The van der Waals surface area contributed by atoms with Gasteiger partial charge < -0.3 is 4.74 Å². The van der Waals surface area contributed by atoms with Crippen molar-refractivity contribution < 1.29 is 14.3 Å². The topological polar surface area (TPSA) is 59.5 Å². The van der Waals surface area contributed by atoms with Crippen molar-refractivity contribution in [3.63, 3.8) is 0 Å². The molecule has 1 fully saturated rings. The smallest absolute Gasteiger partial charge is 0.417 e. The molecule has 2 amide bonds. The fourth-order valence-electron chi connectivity index (χ4n) is 3.37. The first-order chi connectivity index (χ1) is 14.2. The number of cyclic esters (lactones) is 1. The maximum Gasteiger partial charge on any atom is 0.417 e. The zero-order chi connectivity index (χ0) is 20.1. The van der Waals surface area contributed by atoms with Gasteiger partial charge in [0.2, 0.25) is 0 Å². The zero-order valence-corrected chi connectivity index (χ0v) is 15.8. The molecule has 0 N–H and O–H groups in total. The summed E-state index contributed by atoms with van der Waals surface area (Å²) in [5.41, 5.74) is 3.93. The van der Waals surface area contributed by atoms with Gasteiger partial charge in [-0.05, 0) is 41.3 Å². The van der Waals surface area contributed by atoms with Gasteiger partial charge in [0.1, 0.15) is 6.61 Å². The van der Waals surface area contributed by atoms with Gasteiger partial charge in [-0.2, -0.15) is 0 Å². The zero-order valence-electron chi connectivity index (χ0n) is 15.8. The summed E-state index contributed by atoms with van der Waals surface area (Å²) in [5.74, 6) is -0.375. The number of hydrogen-bond acceptors (Lipinski definition) is 4. The van der Waals surface area contributed by atoms with E-state index in [1.807, 2.05) is 66.7 Å². The molecule has 2 aromatic carbocycles. The summed E-state index contributed by atoms with van der Waals surface area (Å²) in [7, 11) is 0. The number of benzene rings is 2. The minimum Gasteiger partial charge on any atom is -0.447 e. The first kappa shape index (κ1) is 18.6. The van der Waals surface area contributed by atoms with Crippen molar-refractivity contribution in [2.45, 2.75) is 12.5 Å². The summed E-state index contributed by atoms with van der Waals surface area (Å²) < 4.78 is 5.13. The molecule has 1 aliphatic heterocycles. The highest BCUT2D eigenvalue weighted by atomic mass is 16.6. The maximum absolute atomic E-state index is 12.7. The molecule has 1 atom stereocenters. The SMILES string of the molecule is O=C(/C=C/c1cccc(-c2cccnc2)c1)N1C(=O)OCC1Cc1ccccc1. The number of amides is 2. The molecule has 4 rings (SSSR count). The quantitative estimate of drug-likeness (QED) is 0.614. The Morgan fingerprint density at radius 1 is 1.07 bits per heavy atom. The molecule has 1 unspecified atom stereocenters. The number of imide groups is 1. The van der Waals surface area contributed by atoms with Gasteiger partial charge in [-0.1, -0.05) is 54.6 Å². The number of pyridine rings is 1. The van der Waals surface area contributed by atoms with Gasteiger partial charge in [-0.3, -0.25) is 9.78 Å². The van der Waals surface area contributed by atoms with Crippen LogP contribution in [0.2, 0.25) is 0 Å². The molecule has 0 radical (unpaired) electrons. The number of hydrogen-bond donors (Lipinski definition) is 0. The normalized spacial score (nSPS) is 16.2. The summed E-state index contributed by atoms with van der Waals surface area (Å²) >= 11 is 0. The van der Waals surface area contributed by atoms with Crippen molar-refractivity contribution in [1.82, 2.24) is 9.88 Å². The van der Waals surface area contributed by atoms with Crippen LogP contribution in [0.25, 0.3) is 17.2 Å². The minimum atomic E-state index is -0.593.